The van der Waals surface area contributed by atoms with E-state index in [2.05, 4.69) is 10.3 Å². The van der Waals surface area contributed by atoms with Crippen LogP contribution in [-0.2, 0) is 23.9 Å². The Hall–Kier alpha value is -4.31. The topological polar surface area (TPSA) is 115 Å². The largest absolute Gasteiger partial charge is 0.417 e. The molecule has 3 aromatic rings. The number of benzene rings is 2. The third kappa shape index (κ3) is 5.53. The van der Waals surface area contributed by atoms with Crippen molar-refractivity contribution < 1.29 is 32.3 Å². The van der Waals surface area contributed by atoms with Crippen molar-refractivity contribution in [1.82, 2.24) is 19.9 Å². The lowest BCUT2D eigenvalue weighted by Crippen LogP contribution is -2.43. The maximum absolute atomic E-state index is 15.1. The van der Waals surface area contributed by atoms with Gasteiger partial charge in [-0.15, -0.1) is 5.10 Å². The fourth-order valence-corrected chi connectivity index (χ4v) is 4.31. The van der Waals surface area contributed by atoms with E-state index in [-0.39, 0.29) is 17.9 Å². The van der Waals surface area contributed by atoms with Gasteiger partial charge < -0.3 is 10.0 Å². The molecule has 1 aliphatic heterocycles. The number of alkyl halides is 3. The van der Waals surface area contributed by atoms with Crippen molar-refractivity contribution >= 4 is 17.6 Å². The van der Waals surface area contributed by atoms with Crippen LogP contribution in [0.25, 0.3) is 5.69 Å². The van der Waals surface area contributed by atoms with E-state index < -0.39 is 46.2 Å². The minimum atomic E-state index is -4.87. The van der Waals surface area contributed by atoms with Crippen molar-refractivity contribution in [3.63, 3.8) is 0 Å². The molecule has 40 heavy (non-hydrogen) atoms. The normalized spacial score (nSPS) is 15.6. The summed E-state index contributed by atoms with van der Waals surface area (Å²) in [6, 6.07) is 7.32. The van der Waals surface area contributed by atoms with Crippen LogP contribution in [0.3, 0.4) is 0 Å². The predicted octanol–water partition coefficient (Wildman–Crippen LogP) is 4.75. The number of amides is 3. The van der Waals surface area contributed by atoms with Crippen molar-refractivity contribution in [2.45, 2.75) is 64.4 Å². The van der Waals surface area contributed by atoms with Crippen LogP contribution in [0.1, 0.15) is 56.5 Å². The fraction of sp³-hybridized carbons (Fsp3) is 0.370. The van der Waals surface area contributed by atoms with Gasteiger partial charge in [0.25, 0.3) is 5.91 Å². The number of halogens is 4. The molecular formula is C27H26F4N6O3. The average molecular weight is 559 g/mol. The molecular weight excluding hydrogens is 532 g/mol. The van der Waals surface area contributed by atoms with Gasteiger partial charge in [0.15, 0.2) is 0 Å². The molecule has 0 aliphatic carbocycles. The second-order valence-electron chi connectivity index (χ2n) is 10.7. The highest BCUT2D eigenvalue weighted by atomic mass is 19.4. The minimum Gasteiger partial charge on any atom is -0.390 e. The monoisotopic (exact) mass is 558 g/mol. The quantitative estimate of drug-likeness (QED) is 0.331. The Bertz CT molecular complexity index is 1520. The van der Waals surface area contributed by atoms with Gasteiger partial charge >= 0.3 is 12.2 Å². The van der Waals surface area contributed by atoms with E-state index in [4.69, 9.17) is 5.26 Å². The Morgan fingerprint density at radius 3 is 2.40 bits per heavy atom. The standard InChI is InChI=1S/C27H26F4N6O3/c1-25(2,40)10-9-18-15-36(34-33-18)22-8-5-16(11-21(22)28)14-35-24(39)37(23(38)26(35,3)4)19-7-6-17(13-32)20(12-19)27(29,30)31/h5-8,11-12,15,40H,9-10,14H2,1-4H3. The van der Waals surface area contributed by atoms with E-state index in [0.717, 1.165) is 17.0 Å². The van der Waals surface area contributed by atoms with E-state index in [9.17, 15) is 27.9 Å². The van der Waals surface area contributed by atoms with E-state index in [1.807, 2.05) is 0 Å². The number of aliphatic hydroxyl groups is 1. The van der Waals surface area contributed by atoms with Crippen LogP contribution in [0, 0.1) is 17.1 Å². The van der Waals surface area contributed by atoms with Gasteiger partial charge in [0.2, 0.25) is 0 Å². The predicted molar refractivity (Wildman–Crippen MR) is 135 cm³/mol. The number of urea groups is 1. The summed E-state index contributed by atoms with van der Waals surface area (Å²) in [5, 5.41) is 26.9. The summed E-state index contributed by atoms with van der Waals surface area (Å²) in [6.07, 6.45) is -2.46. The van der Waals surface area contributed by atoms with Gasteiger partial charge in [0, 0.05) is 6.54 Å². The summed E-state index contributed by atoms with van der Waals surface area (Å²) in [6.45, 7) is 6.01. The summed E-state index contributed by atoms with van der Waals surface area (Å²) in [5.41, 5.74) is -3.61. The summed E-state index contributed by atoms with van der Waals surface area (Å²) in [5.74, 6) is -1.44. The lowest BCUT2D eigenvalue weighted by atomic mass is 10.0. The number of imide groups is 1. The number of nitriles is 1. The van der Waals surface area contributed by atoms with Gasteiger partial charge in [-0.2, -0.15) is 18.4 Å². The molecule has 210 valence electrons. The fourth-order valence-electron chi connectivity index (χ4n) is 4.31. The lowest BCUT2D eigenvalue weighted by molar-refractivity contribution is -0.137. The molecule has 1 saturated heterocycles. The first-order valence-corrected chi connectivity index (χ1v) is 12.2. The molecule has 4 rings (SSSR count). The van der Waals surface area contributed by atoms with Gasteiger partial charge in [-0.3, -0.25) is 4.79 Å². The molecule has 0 atom stereocenters. The number of rotatable bonds is 7. The minimum absolute atomic E-state index is 0.0905. The van der Waals surface area contributed by atoms with Crippen LogP contribution in [-0.4, -0.2) is 48.1 Å². The van der Waals surface area contributed by atoms with Crippen molar-refractivity contribution in [1.29, 1.82) is 5.26 Å². The zero-order valence-corrected chi connectivity index (χ0v) is 22.1. The highest BCUT2D eigenvalue weighted by Gasteiger charge is 2.52. The molecule has 1 aromatic heterocycles. The summed E-state index contributed by atoms with van der Waals surface area (Å²) >= 11 is 0. The van der Waals surface area contributed by atoms with Crippen LogP contribution in [0.4, 0.5) is 28.0 Å². The molecule has 0 saturated carbocycles. The van der Waals surface area contributed by atoms with Crippen molar-refractivity contribution in [3.05, 3.63) is 70.8 Å². The highest BCUT2D eigenvalue weighted by Crippen LogP contribution is 2.38. The molecule has 2 heterocycles. The SMILES string of the molecule is CC(C)(O)CCc1cn(-c2ccc(CN3C(=O)N(c4ccc(C#N)c(C(F)(F)F)c4)C(=O)C3(C)C)cc2F)nn1. The van der Waals surface area contributed by atoms with E-state index >= 15 is 4.39 Å². The van der Waals surface area contributed by atoms with Crippen molar-refractivity contribution in [2.24, 2.45) is 0 Å². The Labute approximate surface area is 227 Å². The van der Waals surface area contributed by atoms with Gasteiger partial charge in [0.1, 0.15) is 17.0 Å². The zero-order valence-electron chi connectivity index (χ0n) is 22.1. The number of hydrogen-bond donors (Lipinski definition) is 1. The Balaban J connectivity index is 1.58. The van der Waals surface area contributed by atoms with Gasteiger partial charge in [-0.05, 0) is 76.4 Å². The molecule has 0 radical (unpaired) electrons. The summed E-state index contributed by atoms with van der Waals surface area (Å²) in [4.78, 5) is 28.3. The zero-order chi connectivity index (χ0) is 29.6. The molecule has 0 unspecified atom stereocenters. The first-order valence-electron chi connectivity index (χ1n) is 12.2. The lowest BCUT2D eigenvalue weighted by Gasteiger charge is -2.27. The van der Waals surface area contributed by atoms with Crippen molar-refractivity contribution in [3.8, 4) is 11.8 Å². The molecule has 1 fully saturated rings. The Morgan fingerprint density at radius 2 is 1.80 bits per heavy atom. The molecule has 3 amide bonds. The number of carbonyl (C=O) groups excluding carboxylic acids is 2. The number of aryl methyl sites for hydroxylation is 1. The Morgan fingerprint density at radius 1 is 1.10 bits per heavy atom. The first-order chi connectivity index (χ1) is 18.5. The van der Waals surface area contributed by atoms with E-state index in [0.29, 0.717) is 35.1 Å². The van der Waals surface area contributed by atoms with Gasteiger partial charge in [-0.25, -0.2) is 18.8 Å². The van der Waals surface area contributed by atoms with E-state index in [1.54, 1.807) is 20.0 Å². The molecule has 1 N–H and O–H groups in total. The molecule has 1 aliphatic rings. The number of nitrogens with zero attached hydrogens (tertiary/aromatic N) is 6. The molecule has 9 nitrogen and oxygen atoms in total. The maximum atomic E-state index is 15.1. The number of anilines is 1. The Kier molecular flexibility index (Phi) is 7.19. The maximum Gasteiger partial charge on any atom is 0.417 e. The molecule has 13 heteroatoms. The molecule has 0 bridgehead atoms. The van der Waals surface area contributed by atoms with Crippen LogP contribution < -0.4 is 4.90 Å². The second-order valence-corrected chi connectivity index (χ2v) is 10.7. The highest BCUT2D eigenvalue weighted by molar-refractivity contribution is 6.23. The summed E-state index contributed by atoms with van der Waals surface area (Å²) < 4.78 is 56.8. The number of carbonyl (C=O) groups is 2. The van der Waals surface area contributed by atoms with Crippen LogP contribution in [0.5, 0.6) is 0 Å². The van der Waals surface area contributed by atoms with Crippen LogP contribution >= 0.6 is 0 Å². The molecule has 2 aromatic carbocycles. The van der Waals surface area contributed by atoms with Gasteiger partial charge in [-0.1, -0.05) is 11.3 Å². The smallest absolute Gasteiger partial charge is 0.390 e. The van der Waals surface area contributed by atoms with Crippen molar-refractivity contribution in [2.75, 3.05) is 4.90 Å². The second kappa shape index (κ2) is 10.0. The average Bonchev–Trinajstić information content (AvgIpc) is 3.39. The summed E-state index contributed by atoms with van der Waals surface area (Å²) in [7, 11) is 0. The third-order valence-electron chi connectivity index (χ3n) is 6.64. The number of hydrogen-bond acceptors (Lipinski definition) is 6. The first kappa shape index (κ1) is 28.7. The molecule has 0 spiro atoms. The third-order valence-corrected chi connectivity index (χ3v) is 6.64. The number of aromatic nitrogens is 3. The van der Waals surface area contributed by atoms with E-state index in [1.165, 1.54) is 42.8 Å². The van der Waals surface area contributed by atoms with Crippen LogP contribution in [0.2, 0.25) is 0 Å². The van der Waals surface area contributed by atoms with Gasteiger partial charge in [0.05, 0.1) is 40.4 Å². The van der Waals surface area contributed by atoms with Crippen LogP contribution in [0.15, 0.2) is 42.6 Å².